The molecule has 0 aromatic rings. The molecule has 62 valence electrons. The van der Waals surface area contributed by atoms with E-state index in [1.54, 1.807) is 6.92 Å². The quantitative estimate of drug-likeness (QED) is 0.591. The predicted molar refractivity (Wildman–Crippen MR) is 40.1 cm³/mol. The first-order valence-electron chi connectivity index (χ1n) is 4.05. The largest absolute Gasteiger partial charge is 0.380 e. The van der Waals surface area contributed by atoms with Gasteiger partial charge in [-0.05, 0) is 12.8 Å². The number of hydrogen-bond donors (Lipinski definition) is 1. The maximum Gasteiger partial charge on any atom is 0.217 e. The Hall–Kier alpha value is -0.570. The van der Waals surface area contributed by atoms with Gasteiger partial charge in [0.1, 0.15) is 0 Å². The molecule has 1 heterocycles. The Morgan fingerprint density at radius 3 is 2.55 bits per heavy atom. The highest BCUT2D eigenvalue weighted by Gasteiger charge is 2.49. The van der Waals surface area contributed by atoms with Crippen LogP contribution in [0.3, 0.4) is 0 Å². The molecule has 1 N–H and O–H groups in total. The summed E-state index contributed by atoms with van der Waals surface area (Å²) in [6, 6.07) is 0.427. The van der Waals surface area contributed by atoms with E-state index in [0.29, 0.717) is 11.5 Å². The van der Waals surface area contributed by atoms with Crippen LogP contribution >= 0.6 is 0 Å². The van der Waals surface area contributed by atoms with Crippen molar-refractivity contribution in [2.45, 2.75) is 25.8 Å². The lowest BCUT2D eigenvalue weighted by Crippen LogP contribution is -2.59. The lowest BCUT2D eigenvalue weighted by atomic mass is 9.64. The van der Waals surface area contributed by atoms with Crippen LogP contribution in [-0.4, -0.2) is 25.2 Å². The lowest BCUT2D eigenvalue weighted by Gasteiger charge is -2.53. The normalized spacial score (nSPS) is 27.4. The second-order valence-electron chi connectivity index (χ2n) is 3.80. The summed E-state index contributed by atoms with van der Waals surface area (Å²) in [6.45, 7) is 3.38. The predicted octanol–water partition coefficient (Wildman–Crippen LogP) is 0.301. The van der Waals surface area contributed by atoms with Gasteiger partial charge in [-0.2, -0.15) is 0 Å². The van der Waals surface area contributed by atoms with Crippen LogP contribution in [0.1, 0.15) is 19.8 Å². The van der Waals surface area contributed by atoms with E-state index in [9.17, 15) is 4.79 Å². The molecule has 3 heteroatoms. The number of nitrogens with one attached hydrogen (secondary N) is 1. The summed E-state index contributed by atoms with van der Waals surface area (Å²) in [5, 5.41) is 2.91. The average Bonchev–Trinajstić information content (AvgIpc) is 1.71. The molecule has 0 atom stereocenters. The van der Waals surface area contributed by atoms with Gasteiger partial charge in [0, 0.05) is 18.4 Å². The van der Waals surface area contributed by atoms with Gasteiger partial charge in [-0.3, -0.25) is 4.79 Å². The summed E-state index contributed by atoms with van der Waals surface area (Å²) in [7, 11) is 0. The molecule has 0 radical (unpaired) electrons. The molecule has 1 saturated heterocycles. The van der Waals surface area contributed by atoms with Gasteiger partial charge in [0.25, 0.3) is 0 Å². The molecule has 1 aliphatic carbocycles. The van der Waals surface area contributed by atoms with E-state index in [-0.39, 0.29) is 5.91 Å². The standard InChI is InChI=1S/C8H13NO2/c1-6(10)9-7-2-8(3-7)4-11-5-8/h7H,2-5H2,1H3,(H,9,10). The minimum atomic E-state index is 0.0880. The van der Waals surface area contributed by atoms with E-state index in [0.717, 1.165) is 26.1 Å². The molecule has 2 rings (SSSR count). The zero-order valence-electron chi connectivity index (χ0n) is 6.72. The highest BCUT2D eigenvalue weighted by molar-refractivity contribution is 5.73. The summed E-state index contributed by atoms with van der Waals surface area (Å²) >= 11 is 0. The molecule has 0 unspecified atom stereocenters. The van der Waals surface area contributed by atoms with E-state index >= 15 is 0 Å². The smallest absolute Gasteiger partial charge is 0.217 e. The van der Waals surface area contributed by atoms with Crippen LogP contribution in [0.25, 0.3) is 0 Å². The minimum absolute atomic E-state index is 0.0880. The number of amides is 1. The highest BCUT2D eigenvalue weighted by atomic mass is 16.5. The first kappa shape index (κ1) is 7.10. The molecule has 3 nitrogen and oxygen atoms in total. The fourth-order valence-corrected chi connectivity index (χ4v) is 2.00. The first-order valence-corrected chi connectivity index (χ1v) is 4.05. The average molecular weight is 155 g/mol. The van der Waals surface area contributed by atoms with Gasteiger partial charge in [0.15, 0.2) is 0 Å². The van der Waals surface area contributed by atoms with Gasteiger partial charge >= 0.3 is 0 Å². The molecular formula is C8H13NO2. The molecule has 0 aromatic heterocycles. The number of carbonyl (C=O) groups excluding carboxylic acids is 1. The van der Waals surface area contributed by atoms with Crippen molar-refractivity contribution in [3.63, 3.8) is 0 Å². The Morgan fingerprint density at radius 1 is 1.55 bits per heavy atom. The van der Waals surface area contributed by atoms with Gasteiger partial charge in [-0.15, -0.1) is 0 Å². The third-order valence-corrected chi connectivity index (χ3v) is 2.58. The second kappa shape index (κ2) is 2.21. The van der Waals surface area contributed by atoms with Crippen molar-refractivity contribution in [3.05, 3.63) is 0 Å². The van der Waals surface area contributed by atoms with Gasteiger partial charge in [-0.25, -0.2) is 0 Å². The topological polar surface area (TPSA) is 38.3 Å². The van der Waals surface area contributed by atoms with Crippen molar-refractivity contribution >= 4 is 5.91 Å². The monoisotopic (exact) mass is 155 g/mol. The van der Waals surface area contributed by atoms with Crippen molar-refractivity contribution in [3.8, 4) is 0 Å². The van der Waals surface area contributed by atoms with Crippen molar-refractivity contribution in [1.82, 2.24) is 5.32 Å². The lowest BCUT2D eigenvalue weighted by molar-refractivity contribution is -0.169. The second-order valence-corrected chi connectivity index (χ2v) is 3.80. The molecule has 1 saturated carbocycles. The third-order valence-electron chi connectivity index (χ3n) is 2.58. The van der Waals surface area contributed by atoms with Crippen LogP contribution in [0.4, 0.5) is 0 Å². The summed E-state index contributed by atoms with van der Waals surface area (Å²) in [5.74, 6) is 0.0880. The zero-order chi connectivity index (χ0) is 7.90. The highest BCUT2D eigenvalue weighted by Crippen LogP contribution is 2.46. The fourth-order valence-electron chi connectivity index (χ4n) is 2.00. The summed E-state index contributed by atoms with van der Waals surface area (Å²) in [6.07, 6.45) is 2.24. The maximum atomic E-state index is 10.6. The van der Waals surface area contributed by atoms with Crippen molar-refractivity contribution in [2.24, 2.45) is 5.41 Å². The van der Waals surface area contributed by atoms with Crippen molar-refractivity contribution in [1.29, 1.82) is 0 Å². The third kappa shape index (κ3) is 1.13. The van der Waals surface area contributed by atoms with Crippen molar-refractivity contribution < 1.29 is 9.53 Å². The minimum Gasteiger partial charge on any atom is -0.380 e. The Bertz CT molecular complexity index is 179. The van der Waals surface area contributed by atoms with Crippen LogP contribution in [-0.2, 0) is 9.53 Å². The first-order chi connectivity index (χ1) is 5.20. The molecule has 0 bridgehead atoms. The molecule has 0 aromatic carbocycles. The van der Waals surface area contributed by atoms with E-state index < -0.39 is 0 Å². The molecule has 1 amide bonds. The van der Waals surface area contributed by atoms with Gasteiger partial charge in [0.2, 0.25) is 5.91 Å². The number of rotatable bonds is 1. The van der Waals surface area contributed by atoms with Gasteiger partial charge in [0.05, 0.1) is 13.2 Å². The van der Waals surface area contributed by atoms with Crippen LogP contribution < -0.4 is 5.32 Å². The Labute approximate surface area is 66.1 Å². The number of hydrogen-bond acceptors (Lipinski definition) is 2. The van der Waals surface area contributed by atoms with E-state index in [1.807, 2.05) is 0 Å². The number of carbonyl (C=O) groups is 1. The summed E-state index contributed by atoms with van der Waals surface area (Å²) in [5.41, 5.74) is 0.465. The Balaban J connectivity index is 1.75. The molecule has 11 heavy (non-hydrogen) atoms. The van der Waals surface area contributed by atoms with Crippen molar-refractivity contribution in [2.75, 3.05) is 13.2 Å². The molecular weight excluding hydrogens is 142 g/mol. The summed E-state index contributed by atoms with van der Waals surface area (Å²) in [4.78, 5) is 10.6. The van der Waals surface area contributed by atoms with E-state index in [1.165, 1.54) is 0 Å². The Kier molecular flexibility index (Phi) is 1.42. The van der Waals surface area contributed by atoms with Gasteiger partial charge < -0.3 is 10.1 Å². The van der Waals surface area contributed by atoms with Crippen LogP contribution in [0.5, 0.6) is 0 Å². The molecule has 2 aliphatic rings. The molecule has 1 aliphatic heterocycles. The summed E-state index contributed by atoms with van der Waals surface area (Å²) < 4.78 is 5.12. The number of ether oxygens (including phenoxy) is 1. The molecule has 2 fully saturated rings. The van der Waals surface area contributed by atoms with E-state index in [2.05, 4.69) is 5.32 Å². The van der Waals surface area contributed by atoms with E-state index in [4.69, 9.17) is 4.74 Å². The fraction of sp³-hybridized carbons (Fsp3) is 0.875. The SMILES string of the molecule is CC(=O)NC1CC2(COC2)C1. The maximum absolute atomic E-state index is 10.6. The van der Waals surface area contributed by atoms with Crippen LogP contribution in [0.15, 0.2) is 0 Å². The van der Waals surface area contributed by atoms with Crippen LogP contribution in [0.2, 0.25) is 0 Å². The van der Waals surface area contributed by atoms with Gasteiger partial charge in [-0.1, -0.05) is 0 Å². The molecule has 1 spiro atoms. The zero-order valence-corrected chi connectivity index (χ0v) is 6.72. The van der Waals surface area contributed by atoms with Crippen LogP contribution in [0, 0.1) is 5.41 Å². The Morgan fingerprint density at radius 2 is 2.18 bits per heavy atom.